The van der Waals surface area contributed by atoms with E-state index in [9.17, 15) is 4.79 Å². The Labute approximate surface area is 175 Å². The summed E-state index contributed by atoms with van der Waals surface area (Å²) in [4.78, 5) is 12.0. The van der Waals surface area contributed by atoms with Crippen LogP contribution in [-0.2, 0) is 0 Å². The first kappa shape index (κ1) is 18.9. The molecule has 1 fully saturated rings. The van der Waals surface area contributed by atoms with Crippen molar-refractivity contribution >= 4 is 48.7 Å². The fourth-order valence-electron chi connectivity index (χ4n) is 4.27. The fourth-order valence-corrected chi connectivity index (χ4v) is 5.80. The van der Waals surface area contributed by atoms with E-state index >= 15 is 0 Å². The number of ether oxygens (including phenoxy) is 2. The van der Waals surface area contributed by atoms with Crippen LogP contribution in [0.25, 0.3) is 10.9 Å². The normalized spacial score (nSPS) is 23.6. The second kappa shape index (κ2) is 7.52. The predicted octanol–water partition coefficient (Wildman–Crippen LogP) is 5.65. The quantitative estimate of drug-likeness (QED) is 0.515. The topological polar surface area (TPSA) is 40.5 Å². The molecule has 2 aliphatic rings. The Bertz CT molecular complexity index is 951. The fraction of sp³-hybridized carbons (Fsp3) is 0.476. The van der Waals surface area contributed by atoms with Crippen molar-refractivity contribution in [3.8, 4) is 23.3 Å². The van der Waals surface area contributed by atoms with Crippen LogP contribution in [0.5, 0.6) is 11.5 Å². The number of rotatable bonds is 4. The van der Waals surface area contributed by atoms with Gasteiger partial charge >= 0.3 is 0 Å². The van der Waals surface area contributed by atoms with Crippen LogP contribution in [0, 0.1) is 29.6 Å². The van der Waals surface area contributed by atoms with Gasteiger partial charge in [-0.05, 0) is 68.5 Å². The van der Waals surface area contributed by atoms with E-state index in [2.05, 4.69) is 43.7 Å². The molecule has 0 N–H and O–H groups in total. The van der Waals surface area contributed by atoms with Crippen LogP contribution in [0.15, 0.2) is 21.2 Å². The summed E-state index contributed by atoms with van der Waals surface area (Å²) in [5, 5.41) is 0.848. The summed E-state index contributed by atoms with van der Waals surface area (Å²) < 4.78 is 15.0. The van der Waals surface area contributed by atoms with Crippen LogP contribution in [0.4, 0.5) is 0 Å². The molecular weight excluding hydrogens is 474 g/mol. The third-order valence-electron chi connectivity index (χ3n) is 5.73. The zero-order valence-electron chi connectivity index (χ0n) is 15.4. The maximum Gasteiger partial charge on any atom is 0.228 e. The molecule has 0 bridgehead atoms. The number of hydrogen-bond acceptors (Lipinski definition) is 3. The first-order valence-electron chi connectivity index (χ1n) is 9.19. The Morgan fingerprint density at radius 3 is 2.52 bits per heavy atom. The van der Waals surface area contributed by atoms with Gasteiger partial charge < -0.3 is 9.47 Å². The SMILES string of the molecule is COc1cn(C(C)=O)c2cc(Br)c(OCC3[C@H]4CCC#CCC[C@@H]34)c(Br)c12. The van der Waals surface area contributed by atoms with E-state index in [-0.39, 0.29) is 5.91 Å². The van der Waals surface area contributed by atoms with Crippen molar-refractivity contribution in [1.82, 2.24) is 4.57 Å². The number of hydrogen-bond donors (Lipinski definition) is 0. The Morgan fingerprint density at radius 2 is 1.93 bits per heavy atom. The van der Waals surface area contributed by atoms with E-state index in [1.165, 1.54) is 19.8 Å². The summed E-state index contributed by atoms with van der Waals surface area (Å²) >= 11 is 7.29. The summed E-state index contributed by atoms with van der Waals surface area (Å²) in [5.74, 6) is 9.94. The lowest BCUT2D eigenvalue weighted by atomic mass is 10.1. The van der Waals surface area contributed by atoms with E-state index in [1.54, 1.807) is 17.9 Å². The smallest absolute Gasteiger partial charge is 0.228 e. The van der Waals surface area contributed by atoms with Gasteiger partial charge in [0.2, 0.25) is 5.91 Å². The van der Waals surface area contributed by atoms with Crippen molar-refractivity contribution in [2.45, 2.75) is 32.6 Å². The Morgan fingerprint density at radius 1 is 1.26 bits per heavy atom. The Hall–Kier alpha value is -1.45. The lowest BCUT2D eigenvalue weighted by Gasteiger charge is -2.12. The van der Waals surface area contributed by atoms with Crippen LogP contribution >= 0.6 is 31.9 Å². The van der Waals surface area contributed by atoms with Crippen molar-refractivity contribution in [1.29, 1.82) is 0 Å². The van der Waals surface area contributed by atoms with Gasteiger partial charge in [-0.3, -0.25) is 9.36 Å². The van der Waals surface area contributed by atoms with Gasteiger partial charge in [0.25, 0.3) is 0 Å². The van der Waals surface area contributed by atoms with Crippen molar-refractivity contribution < 1.29 is 14.3 Å². The van der Waals surface area contributed by atoms with Gasteiger partial charge in [0.15, 0.2) is 0 Å². The van der Waals surface area contributed by atoms with Crippen LogP contribution in [0.2, 0.25) is 0 Å². The lowest BCUT2D eigenvalue weighted by molar-refractivity contribution is 0.0941. The molecule has 1 heterocycles. The number of carbonyl (C=O) groups is 1. The van der Waals surface area contributed by atoms with E-state index in [4.69, 9.17) is 9.47 Å². The molecule has 1 aromatic carbocycles. The van der Waals surface area contributed by atoms with Gasteiger partial charge in [-0.1, -0.05) is 0 Å². The molecule has 0 amide bonds. The van der Waals surface area contributed by atoms with Crippen LogP contribution in [-0.4, -0.2) is 24.2 Å². The minimum Gasteiger partial charge on any atom is -0.494 e. The number of carbonyl (C=O) groups excluding carboxylic acids is 1. The molecule has 0 spiro atoms. The van der Waals surface area contributed by atoms with Gasteiger partial charge in [0.1, 0.15) is 11.5 Å². The molecule has 4 nitrogen and oxygen atoms in total. The van der Waals surface area contributed by atoms with Crippen LogP contribution < -0.4 is 9.47 Å². The number of nitrogens with zero attached hydrogens (tertiary/aromatic N) is 1. The summed E-state index contributed by atoms with van der Waals surface area (Å²) in [6, 6.07) is 1.92. The van der Waals surface area contributed by atoms with E-state index in [0.717, 1.165) is 50.3 Å². The third kappa shape index (κ3) is 3.40. The number of halogens is 2. The Balaban J connectivity index is 1.60. The molecule has 0 aliphatic heterocycles. The highest BCUT2D eigenvalue weighted by Gasteiger charge is 2.49. The van der Waals surface area contributed by atoms with Gasteiger partial charge in [0.05, 0.1) is 39.8 Å². The highest BCUT2D eigenvalue weighted by Crippen LogP contribution is 2.53. The van der Waals surface area contributed by atoms with Gasteiger partial charge in [0, 0.05) is 19.8 Å². The van der Waals surface area contributed by atoms with Gasteiger partial charge in [-0.2, -0.15) is 0 Å². The molecule has 142 valence electrons. The highest BCUT2D eigenvalue weighted by molar-refractivity contribution is 9.11. The summed E-state index contributed by atoms with van der Waals surface area (Å²) in [7, 11) is 1.61. The maximum absolute atomic E-state index is 12.0. The summed E-state index contributed by atoms with van der Waals surface area (Å²) in [6.45, 7) is 2.24. The van der Waals surface area contributed by atoms with Crippen molar-refractivity contribution in [2.24, 2.45) is 17.8 Å². The standard InChI is InChI=1S/C21H21Br2NO3/c1-12(25)24-10-18(26-2)19-17(24)9-16(22)21(20(19)23)27-11-15-13-7-5-3-4-6-8-14(13)15/h9-10,13-15H,5-8,11H2,1-2H3/t13-,14+,15?. The van der Waals surface area contributed by atoms with Crippen LogP contribution in [0.3, 0.4) is 0 Å². The van der Waals surface area contributed by atoms with Crippen LogP contribution in [0.1, 0.15) is 37.4 Å². The Kier molecular flexibility index (Phi) is 5.26. The maximum atomic E-state index is 12.0. The molecule has 1 saturated carbocycles. The lowest BCUT2D eigenvalue weighted by Crippen LogP contribution is -2.05. The zero-order chi connectivity index (χ0) is 19.1. The van der Waals surface area contributed by atoms with E-state index < -0.39 is 0 Å². The molecule has 4 rings (SSSR count). The first-order valence-corrected chi connectivity index (χ1v) is 10.8. The number of aromatic nitrogens is 1. The molecule has 2 aromatic rings. The number of methoxy groups -OCH3 is 1. The van der Waals surface area contributed by atoms with Gasteiger partial charge in [-0.15, -0.1) is 11.8 Å². The molecule has 3 atom stereocenters. The largest absolute Gasteiger partial charge is 0.494 e. The zero-order valence-corrected chi connectivity index (χ0v) is 18.5. The van der Waals surface area contributed by atoms with Crippen molar-refractivity contribution in [2.75, 3.05) is 13.7 Å². The van der Waals surface area contributed by atoms with Crippen molar-refractivity contribution in [3.05, 3.63) is 21.2 Å². The second-order valence-corrected chi connectivity index (χ2v) is 8.86. The summed E-state index contributed by atoms with van der Waals surface area (Å²) in [5.41, 5.74) is 0.788. The van der Waals surface area contributed by atoms with Gasteiger partial charge in [-0.25, -0.2) is 0 Å². The molecule has 27 heavy (non-hydrogen) atoms. The third-order valence-corrected chi connectivity index (χ3v) is 7.07. The van der Waals surface area contributed by atoms with Crippen molar-refractivity contribution in [3.63, 3.8) is 0 Å². The minimum absolute atomic E-state index is 0.0628. The summed E-state index contributed by atoms with van der Waals surface area (Å²) in [6.07, 6.45) is 6.10. The molecule has 0 saturated heterocycles. The average Bonchev–Trinajstić information content (AvgIpc) is 3.09. The average molecular weight is 495 g/mol. The molecule has 1 aromatic heterocycles. The molecule has 1 unspecified atom stereocenters. The monoisotopic (exact) mass is 493 g/mol. The second-order valence-electron chi connectivity index (χ2n) is 7.22. The molecular formula is C21H21Br2NO3. The van der Waals surface area contributed by atoms with E-state index in [1.807, 2.05) is 6.07 Å². The molecule has 6 heteroatoms. The minimum atomic E-state index is -0.0628. The number of benzene rings is 1. The molecule has 0 radical (unpaired) electrons. The van der Waals surface area contributed by atoms with E-state index in [0.29, 0.717) is 18.3 Å². The first-order chi connectivity index (χ1) is 13.0. The number of fused-ring (bicyclic) bond motifs is 2. The highest BCUT2D eigenvalue weighted by atomic mass is 79.9. The predicted molar refractivity (Wildman–Crippen MR) is 112 cm³/mol. The molecule has 2 aliphatic carbocycles.